The average molecular weight is 320 g/mol. The Morgan fingerprint density at radius 1 is 1.38 bits per heavy atom. The molecule has 0 saturated heterocycles. The van der Waals surface area contributed by atoms with Crippen LogP contribution in [0.1, 0.15) is 21.6 Å². The Morgan fingerprint density at radius 3 is 3.00 bits per heavy atom. The highest BCUT2D eigenvalue weighted by Gasteiger charge is 2.21. The van der Waals surface area contributed by atoms with Crippen molar-refractivity contribution < 1.29 is 0 Å². The second kappa shape index (κ2) is 3.95. The summed E-state index contributed by atoms with van der Waals surface area (Å²) in [4.78, 5) is 0. The van der Waals surface area contributed by atoms with Crippen molar-refractivity contribution >= 4 is 47.0 Å². The number of rotatable bonds is 1. The molecule has 1 radical (unpaired) electrons. The van der Waals surface area contributed by atoms with Crippen molar-refractivity contribution in [3.63, 3.8) is 0 Å². The van der Waals surface area contributed by atoms with E-state index in [1.165, 1.54) is 22.2 Å². The first-order valence-corrected chi connectivity index (χ1v) is 6.80. The molecule has 1 nitrogen and oxygen atoms in total. The van der Waals surface area contributed by atoms with Crippen LogP contribution in [0.3, 0.4) is 0 Å². The lowest BCUT2D eigenvalue weighted by molar-refractivity contribution is 0.990. The topological polar surface area (TPSA) is 4.93 Å². The molecule has 0 N–H and O–H groups in total. The van der Waals surface area contributed by atoms with E-state index in [9.17, 15) is 0 Å². The molecule has 1 heterocycles. The monoisotopic (exact) mass is 320 g/mol. The molecule has 3 rings (SSSR count). The Morgan fingerprint density at radius 2 is 2.19 bits per heavy atom. The maximum atomic E-state index is 2.55. The van der Waals surface area contributed by atoms with E-state index < -0.39 is 0 Å². The number of hydrogen-bond acceptors (Lipinski definition) is 0. The zero-order valence-electron chi connectivity index (χ0n) is 9.15. The molecule has 1 aliphatic rings. The standard InChI is InChI=1S/C13H12BIN/c1-14-16-11-7-3-2-5-9(11)13-10(15)6-4-8-12(13)16/h2-5,7-8,10H,6H2,1H3. The molecule has 0 spiro atoms. The first kappa shape index (κ1) is 10.4. The van der Waals surface area contributed by atoms with E-state index in [4.69, 9.17) is 0 Å². The second-order valence-corrected chi connectivity index (χ2v) is 5.55. The molecule has 0 saturated carbocycles. The van der Waals surface area contributed by atoms with Crippen LogP contribution in [0.25, 0.3) is 17.0 Å². The fourth-order valence-corrected chi connectivity index (χ4v) is 3.45. The van der Waals surface area contributed by atoms with Crippen LogP contribution in [-0.4, -0.2) is 11.9 Å². The van der Waals surface area contributed by atoms with Gasteiger partial charge in [-0.15, -0.1) is 0 Å². The number of benzene rings is 1. The molecule has 0 bridgehead atoms. The zero-order valence-corrected chi connectivity index (χ0v) is 11.3. The molecule has 1 unspecified atom stereocenters. The molecule has 2 aromatic rings. The van der Waals surface area contributed by atoms with E-state index in [1.807, 2.05) is 0 Å². The third-order valence-electron chi connectivity index (χ3n) is 3.18. The van der Waals surface area contributed by atoms with Crippen molar-refractivity contribution in [3.05, 3.63) is 41.6 Å². The first-order chi connectivity index (χ1) is 7.83. The number of nitrogens with zero attached hydrogens (tertiary/aromatic N) is 1. The first-order valence-electron chi connectivity index (χ1n) is 5.56. The van der Waals surface area contributed by atoms with Gasteiger partial charge in [-0.25, -0.2) is 0 Å². The van der Waals surface area contributed by atoms with Gasteiger partial charge in [-0.05, 0) is 24.1 Å². The van der Waals surface area contributed by atoms with Crippen molar-refractivity contribution in [1.29, 1.82) is 0 Å². The highest BCUT2D eigenvalue weighted by atomic mass is 127. The van der Waals surface area contributed by atoms with E-state index in [1.54, 1.807) is 0 Å². The maximum absolute atomic E-state index is 2.55. The predicted octanol–water partition coefficient (Wildman–Crippen LogP) is 4.05. The van der Waals surface area contributed by atoms with Crippen LogP contribution >= 0.6 is 22.6 Å². The Labute approximate surface area is 110 Å². The van der Waals surface area contributed by atoms with Gasteiger partial charge in [0.25, 0.3) is 0 Å². The Balaban J connectivity index is 2.44. The van der Waals surface area contributed by atoms with Gasteiger partial charge in [0.05, 0.1) is 0 Å². The van der Waals surface area contributed by atoms with Gasteiger partial charge in [0.1, 0.15) is 0 Å². The molecule has 1 aliphatic carbocycles. The van der Waals surface area contributed by atoms with Crippen LogP contribution in [0.15, 0.2) is 30.3 Å². The summed E-state index contributed by atoms with van der Waals surface area (Å²) < 4.78 is 2.90. The fourth-order valence-electron chi connectivity index (χ4n) is 2.50. The summed E-state index contributed by atoms with van der Waals surface area (Å²) in [5.41, 5.74) is 4.18. The molecule has 3 heteroatoms. The SMILES string of the molecule is C[B]n1c2c(c3ccccc31)C(I)CC=C2. The van der Waals surface area contributed by atoms with Gasteiger partial charge >= 0.3 is 0 Å². The molecule has 1 atom stereocenters. The summed E-state index contributed by atoms with van der Waals surface area (Å²) in [7, 11) is 2.15. The molecule has 1 aromatic carbocycles. The number of alkyl halides is 1. The third kappa shape index (κ3) is 1.37. The number of aromatic nitrogens is 1. The molecule has 0 aliphatic heterocycles. The van der Waals surface area contributed by atoms with E-state index >= 15 is 0 Å². The highest BCUT2D eigenvalue weighted by Crippen LogP contribution is 2.40. The van der Waals surface area contributed by atoms with E-state index in [2.05, 4.69) is 77.7 Å². The maximum Gasteiger partial charge on any atom is 0.249 e. The summed E-state index contributed by atoms with van der Waals surface area (Å²) in [5, 5.41) is 1.40. The van der Waals surface area contributed by atoms with E-state index in [-0.39, 0.29) is 0 Å². The van der Waals surface area contributed by atoms with Crippen molar-refractivity contribution in [2.45, 2.75) is 17.2 Å². The van der Waals surface area contributed by atoms with Crippen LogP contribution in [0, 0.1) is 0 Å². The molecule has 0 amide bonds. The molecular formula is C13H12BIN. The zero-order chi connectivity index (χ0) is 11.1. The summed E-state index contributed by atoms with van der Waals surface area (Å²) in [6, 6.07) is 8.67. The Kier molecular flexibility index (Phi) is 2.58. The summed E-state index contributed by atoms with van der Waals surface area (Å²) in [5.74, 6) is 0. The Hall–Kier alpha value is -0.705. The van der Waals surface area contributed by atoms with Gasteiger partial charge in [-0.1, -0.05) is 53.7 Å². The molecule has 16 heavy (non-hydrogen) atoms. The van der Waals surface area contributed by atoms with Gasteiger partial charge in [-0.2, -0.15) is 0 Å². The number of fused-ring (bicyclic) bond motifs is 3. The largest absolute Gasteiger partial charge is 0.391 e. The number of hydrogen-bond donors (Lipinski definition) is 0. The minimum Gasteiger partial charge on any atom is -0.391 e. The van der Waals surface area contributed by atoms with Crippen LogP contribution in [0.2, 0.25) is 6.82 Å². The van der Waals surface area contributed by atoms with Crippen LogP contribution in [0.4, 0.5) is 0 Å². The van der Waals surface area contributed by atoms with Crippen molar-refractivity contribution in [2.24, 2.45) is 0 Å². The van der Waals surface area contributed by atoms with Crippen LogP contribution in [0.5, 0.6) is 0 Å². The Bertz CT molecular complexity index is 571. The lowest BCUT2D eigenvalue weighted by Crippen LogP contribution is -2.06. The van der Waals surface area contributed by atoms with E-state index in [0.29, 0.717) is 3.92 Å². The third-order valence-corrected chi connectivity index (χ3v) is 4.31. The minimum atomic E-state index is 0.601. The van der Waals surface area contributed by atoms with Crippen LogP contribution in [-0.2, 0) is 0 Å². The number of para-hydroxylation sites is 1. The second-order valence-electron chi connectivity index (χ2n) is 4.05. The number of allylic oxidation sites excluding steroid dienone is 1. The molecule has 0 fully saturated rings. The van der Waals surface area contributed by atoms with Crippen LogP contribution < -0.4 is 0 Å². The predicted molar refractivity (Wildman–Crippen MR) is 79.4 cm³/mol. The molecule has 79 valence electrons. The normalized spacial score (nSPS) is 18.8. The quantitative estimate of drug-likeness (QED) is 0.424. The van der Waals surface area contributed by atoms with Gasteiger partial charge in [0.2, 0.25) is 7.41 Å². The van der Waals surface area contributed by atoms with Gasteiger partial charge in [0.15, 0.2) is 0 Å². The van der Waals surface area contributed by atoms with Gasteiger partial charge in [-0.3, -0.25) is 0 Å². The molecule has 1 aromatic heterocycles. The van der Waals surface area contributed by atoms with Gasteiger partial charge < -0.3 is 4.48 Å². The lowest BCUT2D eigenvalue weighted by Gasteiger charge is -2.14. The van der Waals surface area contributed by atoms with E-state index in [0.717, 1.165) is 6.42 Å². The van der Waals surface area contributed by atoms with Crippen molar-refractivity contribution in [3.8, 4) is 0 Å². The average Bonchev–Trinajstić information content (AvgIpc) is 2.64. The van der Waals surface area contributed by atoms with Gasteiger partial charge in [0, 0.05) is 20.5 Å². The van der Waals surface area contributed by atoms with Crippen molar-refractivity contribution in [1.82, 2.24) is 4.48 Å². The summed E-state index contributed by atoms with van der Waals surface area (Å²) in [6.07, 6.45) is 5.67. The number of halogens is 1. The molecular weight excluding hydrogens is 308 g/mol. The summed E-state index contributed by atoms with van der Waals surface area (Å²) >= 11 is 2.55. The minimum absolute atomic E-state index is 0.601. The smallest absolute Gasteiger partial charge is 0.249 e. The highest BCUT2D eigenvalue weighted by molar-refractivity contribution is 14.1. The fraction of sp³-hybridized carbons (Fsp3) is 0.231. The lowest BCUT2D eigenvalue weighted by atomic mass is 9.96. The van der Waals surface area contributed by atoms with Crippen molar-refractivity contribution in [2.75, 3.05) is 0 Å². The summed E-state index contributed by atoms with van der Waals surface area (Å²) in [6.45, 7) is 2.09.